The SMILES string of the molecule is Cl.NCC(=O)NC1CCOC1c1ccccc1. The topological polar surface area (TPSA) is 64.4 Å². The van der Waals surface area contributed by atoms with Gasteiger partial charge in [0.1, 0.15) is 6.10 Å². The molecule has 17 heavy (non-hydrogen) atoms. The summed E-state index contributed by atoms with van der Waals surface area (Å²) in [6.07, 6.45) is 0.794. The molecular formula is C12H17ClN2O2. The molecule has 1 aliphatic rings. The van der Waals surface area contributed by atoms with Gasteiger partial charge in [-0.2, -0.15) is 0 Å². The van der Waals surface area contributed by atoms with Gasteiger partial charge in [-0.1, -0.05) is 30.3 Å². The molecule has 2 unspecified atom stereocenters. The van der Waals surface area contributed by atoms with E-state index in [1.165, 1.54) is 0 Å². The van der Waals surface area contributed by atoms with Crippen LogP contribution >= 0.6 is 12.4 Å². The summed E-state index contributed by atoms with van der Waals surface area (Å²) in [6, 6.07) is 9.97. The molecule has 1 amide bonds. The van der Waals surface area contributed by atoms with E-state index in [1.807, 2.05) is 30.3 Å². The molecule has 0 saturated carbocycles. The monoisotopic (exact) mass is 256 g/mol. The van der Waals surface area contributed by atoms with E-state index >= 15 is 0 Å². The van der Waals surface area contributed by atoms with Crippen LogP contribution in [0.1, 0.15) is 18.1 Å². The maximum absolute atomic E-state index is 11.3. The van der Waals surface area contributed by atoms with Gasteiger partial charge >= 0.3 is 0 Å². The van der Waals surface area contributed by atoms with Gasteiger partial charge in [-0.05, 0) is 12.0 Å². The van der Waals surface area contributed by atoms with Gasteiger partial charge in [-0.15, -0.1) is 12.4 Å². The zero-order valence-corrected chi connectivity index (χ0v) is 10.3. The summed E-state index contributed by atoms with van der Waals surface area (Å²) in [6.45, 7) is 0.701. The predicted molar refractivity (Wildman–Crippen MR) is 68.0 cm³/mol. The number of hydrogen-bond donors (Lipinski definition) is 2. The average Bonchev–Trinajstić information content (AvgIpc) is 2.78. The lowest BCUT2D eigenvalue weighted by molar-refractivity contribution is -0.120. The summed E-state index contributed by atoms with van der Waals surface area (Å²) in [7, 11) is 0. The molecule has 0 aliphatic carbocycles. The number of hydrogen-bond acceptors (Lipinski definition) is 3. The molecule has 2 atom stereocenters. The molecule has 5 heteroatoms. The smallest absolute Gasteiger partial charge is 0.234 e. The van der Waals surface area contributed by atoms with Crippen molar-refractivity contribution >= 4 is 18.3 Å². The summed E-state index contributed by atoms with van der Waals surface area (Å²) in [5.74, 6) is -0.128. The molecular weight excluding hydrogens is 240 g/mol. The first-order chi connectivity index (χ1) is 7.81. The van der Waals surface area contributed by atoms with E-state index in [0.29, 0.717) is 6.61 Å². The van der Waals surface area contributed by atoms with Crippen molar-refractivity contribution in [3.8, 4) is 0 Å². The summed E-state index contributed by atoms with van der Waals surface area (Å²) < 4.78 is 5.64. The lowest BCUT2D eigenvalue weighted by Gasteiger charge is -2.19. The highest BCUT2D eigenvalue weighted by Gasteiger charge is 2.30. The molecule has 1 fully saturated rings. The van der Waals surface area contributed by atoms with Crippen molar-refractivity contribution in [3.05, 3.63) is 35.9 Å². The van der Waals surface area contributed by atoms with E-state index in [1.54, 1.807) is 0 Å². The first-order valence-corrected chi connectivity index (χ1v) is 5.47. The minimum atomic E-state index is -0.128. The van der Waals surface area contributed by atoms with Crippen molar-refractivity contribution in [3.63, 3.8) is 0 Å². The minimum Gasteiger partial charge on any atom is -0.371 e. The van der Waals surface area contributed by atoms with Crippen LogP contribution in [0.2, 0.25) is 0 Å². The molecule has 3 N–H and O–H groups in total. The van der Waals surface area contributed by atoms with Gasteiger partial charge < -0.3 is 15.8 Å². The van der Waals surface area contributed by atoms with Gasteiger partial charge in [0.05, 0.1) is 12.6 Å². The second-order valence-corrected chi connectivity index (χ2v) is 3.87. The zero-order chi connectivity index (χ0) is 11.4. The quantitative estimate of drug-likeness (QED) is 0.849. The normalized spacial score (nSPS) is 22.9. The Morgan fingerprint density at radius 3 is 2.76 bits per heavy atom. The number of halogens is 1. The lowest BCUT2D eigenvalue weighted by Crippen LogP contribution is -2.40. The van der Waals surface area contributed by atoms with E-state index in [9.17, 15) is 4.79 Å². The number of nitrogens with one attached hydrogen (secondary N) is 1. The third-order valence-electron chi connectivity index (χ3n) is 2.75. The van der Waals surface area contributed by atoms with E-state index in [-0.39, 0.29) is 37.0 Å². The second-order valence-electron chi connectivity index (χ2n) is 3.87. The largest absolute Gasteiger partial charge is 0.371 e. The van der Waals surface area contributed by atoms with Crippen LogP contribution in [0, 0.1) is 0 Å². The van der Waals surface area contributed by atoms with Gasteiger partial charge in [0.25, 0.3) is 0 Å². The Morgan fingerprint density at radius 1 is 1.41 bits per heavy atom. The second kappa shape index (κ2) is 6.59. The van der Waals surface area contributed by atoms with Crippen molar-refractivity contribution in [2.45, 2.75) is 18.6 Å². The lowest BCUT2D eigenvalue weighted by atomic mass is 10.0. The highest BCUT2D eigenvalue weighted by Crippen LogP contribution is 2.28. The molecule has 2 rings (SSSR count). The number of ether oxygens (including phenoxy) is 1. The molecule has 0 aromatic heterocycles. The van der Waals surface area contributed by atoms with Crippen LogP contribution in [0.4, 0.5) is 0 Å². The Morgan fingerprint density at radius 2 is 2.12 bits per heavy atom. The van der Waals surface area contributed by atoms with Crippen LogP contribution in [-0.4, -0.2) is 25.1 Å². The maximum atomic E-state index is 11.3. The number of benzene rings is 1. The van der Waals surface area contributed by atoms with Crippen LogP contribution in [-0.2, 0) is 9.53 Å². The van der Waals surface area contributed by atoms with E-state index < -0.39 is 0 Å². The van der Waals surface area contributed by atoms with Crippen molar-refractivity contribution in [1.29, 1.82) is 0 Å². The maximum Gasteiger partial charge on any atom is 0.234 e. The van der Waals surface area contributed by atoms with Crippen LogP contribution in [0.15, 0.2) is 30.3 Å². The standard InChI is InChI=1S/C12H16N2O2.ClH/c13-8-11(15)14-10-6-7-16-12(10)9-4-2-1-3-5-9;/h1-5,10,12H,6-8,13H2,(H,14,15);1H. The van der Waals surface area contributed by atoms with Crippen molar-refractivity contribution in [1.82, 2.24) is 5.32 Å². The fourth-order valence-electron chi connectivity index (χ4n) is 1.97. The highest BCUT2D eigenvalue weighted by atomic mass is 35.5. The van der Waals surface area contributed by atoms with Gasteiger partial charge in [-0.25, -0.2) is 0 Å². The Balaban J connectivity index is 0.00000144. The summed E-state index contributed by atoms with van der Waals surface area (Å²) in [5.41, 5.74) is 6.38. The van der Waals surface area contributed by atoms with Gasteiger partial charge in [-0.3, -0.25) is 4.79 Å². The third-order valence-corrected chi connectivity index (χ3v) is 2.75. The van der Waals surface area contributed by atoms with Crippen molar-refractivity contribution in [2.75, 3.05) is 13.2 Å². The molecule has 1 aromatic carbocycles. The molecule has 1 aliphatic heterocycles. The van der Waals surface area contributed by atoms with Gasteiger partial charge in [0, 0.05) is 6.61 Å². The fraction of sp³-hybridized carbons (Fsp3) is 0.417. The summed E-state index contributed by atoms with van der Waals surface area (Å²) in [4.78, 5) is 11.3. The Kier molecular flexibility index (Phi) is 5.41. The molecule has 4 nitrogen and oxygen atoms in total. The van der Waals surface area contributed by atoms with Crippen molar-refractivity contribution < 1.29 is 9.53 Å². The number of rotatable bonds is 3. The summed E-state index contributed by atoms with van der Waals surface area (Å²) in [5, 5.41) is 2.89. The van der Waals surface area contributed by atoms with Gasteiger partial charge in [0.2, 0.25) is 5.91 Å². The first-order valence-electron chi connectivity index (χ1n) is 5.47. The first kappa shape index (κ1) is 14.0. The Hall–Kier alpha value is -1.10. The van der Waals surface area contributed by atoms with Crippen molar-refractivity contribution in [2.24, 2.45) is 5.73 Å². The molecule has 0 bridgehead atoms. The fourth-order valence-corrected chi connectivity index (χ4v) is 1.97. The molecule has 0 radical (unpaired) electrons. The minimum absolute atomic E-state index is 0. The number of carbonyl (C=O) groups excluding carboxylic acids is 1. The third kappa shape index (κ3) is 3.43. The molecule has 1 saturated heterocycles. The van der Waals surface area contributed by atoms with Gasteiger partial charge in [0.15, 0.2) is 0 Å². The molecule has 0 spiro atoms. The van der Waals surface area contributed by atoms with Crippen LogP contribution in [0.5, 0.6) is 0 Å². The van der Waals surface area contributed by atoms with Crippen LogP contribution in [0.25, 0.3) is 0 Å². The number of amides is 1. The highest BCUT2D eigenvalue weighted by molar-refractivity contribution is 5.85. The average molecular weight is 257 g/mol. The molecule has 1 aromatic rings. The van der Waals surface area contributed by atoms with Crippen LogP contribution < -0.4 is 11.1 Å². The number of nitrogens with two attached hydrogens (primary N) is 1. The number of carbonyl (C=O) groups is 1. The molecule has 94 valence electrons. The zero-order valence-electron chi connectivity index (χ0n) is 9.46. The molecule has 1 heterocycles. The Labute approximate surface area is 107 Å². The van der Waals surface area contributed by atoms with E-state index in [2.05, 4.69) is 5.32 Å². The predicted octanol–water partition coefficient (Wildman–Crippen LogP) is 1.01. The van der Waals surface area contributed by atoms with E-state index in [0.717, 1.165) is 12.0 Å². The van der Waals surface area contributed by atoms with E-state index in [4.69, 9.17) is 10.5 Å². The summed E-state index contributed by atoms with van der Waals surface area (Å²) >= 11 is 0. The Bertz CT molecular complexity index is 359. The van der Waals surface area contributed by atoms with Crippen LogP contribution in [0.3, 0.4) is 0 Å².